The molecule has 1 aliphatic heterocycles. The van der Waals surface area contributed by atoms with Crippen molar-refractivity contribution in [3.8, 4) is 6.07 Å². The zero-order valence-electron chi connectivity index (χ0n) is 8.40. The maximum atomic E-state index is 8.93. The molecule has 0 saturated carbocycles. The van der Waals surface area contributed by atoms with Crippen molar-refractivity contribution in [1.29, 1.82) is 5.26 Å². The molecule has 0 atom stereocenters. The van der Waals surface area contributed by atoms with Crippen LogP contribution < -0.4 is 16.4 Å². The molecule has 0 aliphatic carbocycles. The summed E-state index contributed by atoms with van der Waals surface area (Å²) in [6.07, 6.45) is 1.86. The number of piperidine rings is 1. The molecule has 0 aromatic carbocycles. The number of nitrogens with zero attached hydrogens (tertiary/aromatic N) is 3. The van der Waals surface area contributed by atoms with Crippen LogP contribution in [0.25, 0.3) is 0 Å². The van der Waals surface area contributed by atoms with Crippen LogP contribution in [-0.4, -0.2) is 29.3 Å². The first-order chi connectivity index (χ1) is 7.22. The Balaban J connectivity index is 2.20. The number of nitrogens with two attached hydrogens (primary N) is 2. The van der Waals surface area contributed by atoms with Gasteiger partial charge in [0.25, 0.3) is 0 Å². The lowest BCUT2D eigenvalue weighted by molar-refractivity contribution is 0.498. The van der Waals surface area contributed by atoms with E-state index in [9.17, 15) is 0 Å². The van der Waals surface area contributed by atoms with Gasteiger partial charge in [0.15, 0.2) is 5.82 Å². The highest BCUT2D eigenvalue weighted by Gasteiger charge is 2.22. The molecular weight excluding hydrogens is 192 g/mol. The molecule has 0 unspecified atom stereocenters. The van der Waals surface area contributed by atoms with Crippen LogP contribution in [0.1, 0.15) is 18.4 Å². The van der Waals surface area contributed by atoms with Crippen molar-refractivity contribution >= 4 is 11.6 Å². The van der Waals surface area contributed by atoms with Crippen LogP contribution in [0, 0.1) is 11.3 Å². The van der Waals surface area contributed by atoms with Crippen molar-refractivity contribution in [2.24, 2.45) is 5.73 Å². The quantitative estimate of drug-likeness (QED) is 0.589. The highest BCUT2D eigenvalue weighted by atomic mass is 15.3. The molecule has 1 aliphatic rings. The minimum absolute atomic E-state index is 0.267. The molecule has 80 valence electrons. The van der Waals surface area contributed by atoms with Gasteiger partial charge in [0.1, 0.15) is 17.5 Å². The molecule has 2 rings (SSSR count). The predicted octanol–water partition coefficient (Wildman–Crippen LogP) is -0.209. The van der Waals surface area contributed by atoms with E-state index in [4.69, 9.17) is 16.7 Å². The zero-order valence-corrected chi connectivity index (χ0v) is 8.40. The van der Waals surface area contributed by atoms with E-state index >= 15 is 0 Å². The fourth-order valence-corrected chi connectivity index (χ4v) is 1.80. The maximum absolute atomic E-state index is 8.93. The molecule has 1 saturated heterocycles. The molecule has 5 N–H and O–H groups in total. The number of hydrogen-bond donors (Lipinski definition) is 3. The van der Waals surface area contributed by atoms with Crippen LogP contribution in [0.5, 0.6) is 0 Å². The van der Waals surface area contributed by atoms with Crippen molar-refractivity contribution in [3.05, 3.63) is 5.56 Å². The van der Waals surface area contributed by atoms with Gasteiger partial charge < -0.3 is 16.4 Å². The molecule has 0 amide bonds. The molecule has 0 spiro atoms. The van der Waals surface area contributed by atoms with Gasteiger partial charge in [-0.15, -0.1) is 0 Å². The summed E-state index contributed by atoms with van der Waals surface area (Å²) in [5, 5.41) is 15.6. The molecular formula is C9H14N6. The Morgan fingerprint density at radius 3 is 2.73 bits per heavy atom. The van der Waals surface area contributed by atoms with E-state index in [1.54, 1.807) is 0 Å². The van der Waals surface area contributed by atoms with E-state index < -0.39 is 0 Å². The van der Waals surface area contributed by atoms with Crippen LogP contribution in [0.4, 0.5) is 11.6 Å². The van der Waals surface area contributed by atoms with Gasteiger partial charge in [-0.1, -0.05) is 0 Å². The highest BCUT2D eigenvalue weighted by Crippen LogP contribution is 2.24. The van der Waals surface area contributed by atoms with Gasteiger partial charge in [0, 0.05) is 19.1 Å². The summed E-state index contributed by atoms with van der Waals surface area (Å²) in [6, 6.07) is 2.33. The van der Waals surface area contributed by atoms with E-state index in [2.05, 4.69) is 21.2 Å². The highest BCUT2D eigenvalue weighted by molar-refractivity contribution is 5.64. The lowest BCUT2D eigenvalue weighted by Gasteiger charge is -2.30. The van der Waals surface area contributed by atoms with Crippen LogP contribution in [0.3, 0.4) is 0 Å². The Labute approximate surface area is 87.8 Å². The monoisotopic (exact) mass is 206 g/mol. The molecule has 1 fully saturated rings. The summed E-state index contributed by atoms with van der Waals surface area (Å²) in [7, 11) is 0. The standard InChI is InChI=1S/C9H14N6/c10-5-7-8(12)13-14-9(7)15-3-1-6(11)2-4-15/h6H,1-4,11H2,(H3,12,13,14). The average molecular weight is 206 g/mol. The third-order valence-electron chi connectivity index (χ3n) is 2.73. The Bertz CT molecular complexity index is 382. The zero-order chi connectivity index (χ0) is 10.8. The summed E-state index contributed by atoms with van der Waals surface area (Å²) < 4.78 is 0. The van der Waals surface area contributed by atoms with Gasteiger partial charge in [0.05, 0.1) is 0 Å². The first-order valence-electron chi connectivity index (χ1n) is 4.97. The minimum Gasteiger partial charge on any atom is -0.383 e. The van der Waals surface area contributed by atoms with Crippen molar-refractivity contribution in [3.63, 3.8) is 0 Å². The smallest absolute Gasteiger partial charge is 0.170 e. The van der Waals surface area contributed by atoms with Crippen molar-refractivity contribution in [1.82, 2.24) is 10.2 Å². The molecule has 0 bridgehead atoms. The van der Waals surface area contributed by atoms with Crippen molar-refractivity contribution in [2.75, 3.05) is 23.7 Å². The second-order valence-corrected chi connectivity index (χ2v) is 3.77. The van der Waals surface area contributed by atoms with Gasteiger partial charge in [-0.3, -0.25) is 5.10 Å². The number of nitrogen functional groups attached to an aromatic ring is 1. The number of aromatic nitrogens is 2. The van der Waals surface area contributed by atoms with Gasteiger partial charge in [-0.2, -0.15) is 10.4 Å². The first-order valence-corrected chi connectivity index (χ1v) is 4.97. The number of anilines is 2. The summed E-state index contributed by atoms with van der Waals surface area (Å²) in [6.45, 7) is 1.67. The number of nitriles is 1. The Kier molecular flexibility index (Phi) is 2.47. The summed E-state index contributed by atoms with van der Waals surface area (Å²) in [5.74, 6) is 0.990. The second kappa shape index (κ2) is 3.79. The van der Waals surface area contributed by atoms with E-state index in [0.29, 0.717) is 17.2 Å². The van der Waals surface area contributed by atoms with Gasteiger partial charge in [-0.25, -0.2) is 0 Å². The fourth-order valence-electron chi connectivity index (χ4n) is 1.80. The number of hydrogen-bond acceptors (Lipinski definition) is 5. The maximum Gasteiger partial charge on any atom is 0.170 e. The number of rotatable bonds is 1. The largest absolute Gasteiger partial charge is 0.383 e. The molecule has 15 heavy (non-hydrogen) atoms. The Hall–Kier alpha value is -1.74. The fraction of sp³-hybridized carbons (Fsp3) is 0.556. The van der Waals surface area contributed by atoms with E-state index in [1.165, 1.54) is 0 Å². The van der Waals surface area contributed by atoms with Gasteiger partial charge in [0.2, 0.25) is 0 Å². The van der Waals surface area contributed by atoms with Crippen molar-refractivity contribution in [2.45, 2.75) is 18.9 Å². The number of H-pyrrole nitrogens is 1. The van der Waals surface area contributed by atoms with Gasteiger partial charge >= 0.3 is 0 Å². The molecule has 1 aromatic heterocycles. The Morgan fingerprint density at radius 2 is 2.13 bits per heavy atom. The molecule has 0 radical (unpaired) electrons. The topological polar surface area (TPSA) is 108 Å². The third kappa shape index (κ3) is 1.74. The van der Waals surface area contributed by atoms with Gasteiger partial charge in [-0.05, 0) is 12.8 Å². The molecule has 6 heteroatoms. The lowest BCUT2D eigenvalue weighted by Crippen LogP contribution is -2.40. The third-order valence-corrected chi connectivity index (χ3v) is 2.73. The van der Waals surface area contributed by atoms with Crippen LogP contribution >= 0.6 is 0 Å². The Morgan fingerprint density at radius 1 is 1.47 bits per heavy atom. The lowest BCUT2D eigenvalue weighted by atomic mass is 10.1. The van der Waals surface area contributed by atoms with E-state index in [0.717, 1.165) is 25.9 Å². The minimum atomic E-state index is 0.267. The SMILES string of the molecule is N#Cc1c(N2CCC(N)CC2)n[nH]c1N. The average Bonchev–Trinajstić information content (AvgIpc) is 2.61. The van der Waals surface area contributed by atoms with Crippen molar-refractivity contribution < 1.29 is 0 Å². The summed E-state index contributed by atoms with van der Waals surface area (Å²) in [5.41, 5.74) is 11.8. The summed E-state index contributed by atoms with van der Waals surface area (Å²) >= 11 is 0. The van der Waals surface area contributed by atoms with Crippen LogP contribution in [-0.2, 0) is 0 Å². The number of aromatic amines is 1. The summed E-state index contributed by atoms with van der Waals surface area (Å²) in [4.78, 5) is 2.05. The molecule has 6 nitrogen and oxygen atoms in total. The van der Waals surface area contributed by atoms with E-state index in [-0.39, 0.29) is 6.04 Å². The predicted molar refractivity (Wildman–Crippen MR) is 57.1 cm³/mol. The molecule has 2 heterocycles. The first kappa shape index (κ1) is 9.80. The second-order valence-electron chi connectivity index (χ2n) is 3.77. The van der Waals surface area contributed by atoms with Crippen LogP contribution in [0.2, 0.25) is 0 Å². The number of nitrogens with one attached hydrogen (secondary N) is 1. The normalized spacial score (nSPS) is 17.7. The van der Waals surface area contributed by atoms with E-state index in [1.807, 2.05) is 0 Å². The molecule has 1 aromatic rings. The van der Waals surface area contributed by atoms with Crippen LogP contribution in [0.15, 0.2) is 0 Å².